The molecule has 1 atom stereocenters. The molecule has 4 heteroatoms. The lowest BCUT2D eigenvalue weighted by molar-refractivity contribution is -0.139. The zero-order valence-electron chi connectivity index (χ0n) is 9.56. The molecule has 4 nitrogen and oxygen atoms in total. The van der Waals surface area contributed by atoms with E-state index in [4.69, 9.17) is 5.11 Å². The lowest BCUT2D eigenvalue weighted by Gasteiger charge is -2.18. The zero-order chi connectivity index (χ0) is 12.5. The van der Waals surface area contributed by atoms with E-state index < -0.39 is 11.9 Å². The fourth-order valence-electron chi connectivity index (χ4n) is 1.73. The third-order valence-corrected chi connectivity index (χ3v) is 2.61. The monoisotopic (exact) mass is 224 g/mol. The van der Waals surface area contributed by atoms with Gasteiger partial charge in [0.05, 0.1) is 5.92 Å². The van der Waals surface area contributed by atoms with Crippen LogP contribution in [0.5, 0.6) is 11.5 Å². The maximum atomic E-state index is 11.1. The number of phenolic OH excluding ortho intramolecular Hbond substituents is 2. The topological polar surface area (TPSA) is 77.8 Å². The Bertz CT molecular complexity index is 410. The zero-order valence-corrected chi connectivity index (χ0v) is 9.56. The molecule has 0 aromatic heterocycles. The minimum atomic E-state index is -0.976. The Kier molecular flexibility index (Phi) is 3.42. The Hall–Kier alpha value is -1.71. The second-order valence-electron chi connectivity index (χ2n) is 4.26. The van der Waals surface area contributed by atoms with E-state index in [1.807, 2.05) is 0 Å². The van der Waals surface area contributed by atoms with Gasteiger partial charge in [0, 0.05) is 11.6 Å². The van der Waals surface area contributed by atoms with Crippen molar-refractivity contribution in [3.63, 3.8) is 0 Å². The normalized spacial score (nSPS) is 12.8. The predicted octanol–water partition coefficient (Wildman–Crippen LogP) is 2.23. The van der Waals surface area contributed by atoms with Gasteiger partial charge in [0.2, 0.25) is 0 Å². The molecular formula is C12H16O4. The first kappa shape index (κ1) is 12.4. The van der Waals surface area contributed by atoms with E-state index in [1.165, 1.54) is 12.1 Å². The molecule has 16 heavy (non-hydrogen) atoms. The van der Waals surface area contributed by atoms with Gasteiger partial charge in [-0.2, -0.15) is 0 Å². The fraction of sp³-hybridized carbons (Fsp3) is 0.417. The Morgan fingerprint density at radius 3 is 2.19 bits per heavy atom. The van der Waals surface area contributed by atoms with Gasteiger partial charge < -0.3 is 15.3 Å². The van der Waals surface area contributed by atoms with Crippen LogP contribution in [-0.2, 0) is 4.79 Å². The second kappa shape index (κ2) is 4.43. The lowest BCUT2D eigenvalue weighted by Crippen LogP contribution is -2.17. The first-order valence-corrected chi connectivity index (χ1v) is 5.10. The molecular weight excluding hydrogens is 208 g/mol. The quantitative estimate of drug-likeness (QED) is 0.735. The summed E-state index contributed by atoms with van der Waals surface area (Å²) in [6.07, 6.45) is 0. The largest absolute Gasteiger partial charge is 0.508 e. The van der Waals surface area contributed by atoms with Gasteiger partial charge in [0.1, 0.15) is 11.5 Å². The predicted molar refractivity (Wildman–Crippen MR) is 59.7 cm³/mol. The average molecular weight is 224 g/mol. The summed E-state index contributed by atoms with van der Waals surface area (Å²) < 4.78 is 0. The molecule has 0 amide bonds. The number of phenols is 2. The van der Waals surface area contributed by atoms with E-state index in [2.05, 4.69) is 0 Å². The van der Waals surface area contributed by atoms with Gasteiger partial charge >= 0.3 is 5.97 Å². The summed E-state index contributed by atoms with van der Waals surface area (Å²) in [4.78, 5) is 11.1. The number of rotatable bonds is 3. The molecule has 0 bridgehead atoms. The van der Waals surface area contributed by atoms with Crippen LogP contribution in [0.15, 0.2) is 12.1 Å². The van der Waals surface area contributed by atoms with Gasteiger partial charge in [-0.3, -0.25) is 4.79 Å². The van der Waals surface area contributed by atoms with Crippen molar-refractivity contribution in [2.75, 3.05) is 0 Å². The number of carbonyl (C=O) groups is 1. The molecule has 0 aliphatic carbocycles. The average Bonchev–Trinajstić information content (AvgIpc) is 2.12. The summed E-state index contributed by atoms with van der Waals surface area (Å²) in [5.41, 5.74) is 0.900. The summed E-state index contributed by atoms with van der Waals surface area (Å²) in [7, 11) is 0. The molecule has 88 valence electrons. The van der Waals surface area contributed by atoms with E-state index in [0.717, 1.165) is 0 Å². The number of hydrogen-bond acceptors (Lipinski definition) is 3. The van der Waals surface area contributed by atoms with Crippen molar-refractivity contribution < 1.29 is 20.1 Å². The molecule has 0 spiro atoms. The summed E-state index contributed by atoms with van der Waals surface area (Å²) >= 11 is 0. The maximum absolute atomic E-state index is 11.1. The second-order valence-corrected chi connectivity index (χ2v) is 4.26. The van der Waals surface area contributed by atoms with E-state index >= 15 is 0 Å². The van der Waals surface area contributed by atoms with Crippen molar-refractivity contribution in [1.29, 1.82) is 0 Å². The Morgan fingerprint density at radius 2 is 1.75 bits per heavy atom. The number of aliphatic carboxylic acids is 1. The van der Waals surface area contributed by atoms with Gasteiger partial charge in [-0.15, -0.1) is 0 Å². The summed E-state index contributed by atoms with van der Waals surface area (Å²) in [6.45, 7) is 5.22. The van der Waals surface area contributed by atoms with Crippen LogP contribution >= 0.6 is 0 Å². The molecule has 1 aromatic rings. The maximum Gasteiger partial charge on any atom is 0.311 e. The molecule has 0 fully saturated rings. The summed E-state index contributed by atoms with van der Waals surface area (Å²) in [6, 6.07) is 2.70. The van der Waals surface area contributed by atoms with Crippen molar-refractivity contribution in [2.24, 2.45) is 5.92 Å². The number of aryl methyl sites for hydroxylation is 1. The third-order valence-electron chi connectivity index (χ3n) is 2.61. The number of carboxylic acids is 1. The van der Waals surface area contributed by atoms with Gasteiger partial charge in [-0.25, -0.2) is 0 Å². The van der Waals surface area contributed by atoms with Crippen molar-refractivity contribution in [2.45, 2.75) is 26.7 Å². The van der Waals surface area contributed by atoms with Crippen LogP contribution < -0.4 is 0 Å². The highest BCUT2D eigenvalue weighted by molar-refractivity contribution is 5.77. The van der Waals surface area contributed by atoms with E-state index in [1.54, 1.807) is 20.8 Å². The summed E-state index contributed by atoms with van der Waals surface area (Å²) in [5.74, 6) is -2.08. The first-order chi connectivity index (χ1) is 7.34. The van der Waals surface area contributed by atoms with Gasteiger partial charge in [-0.05, 0) is 24.5 Å². The molecule has 1 rings (SSSR count). The van der Waals surface area contributed by atoms with Gasteiger partial charge in [0.25, 0.3) is 0 Å². The van der Waals surface area contributed by atoms with Crippen molar-refractivity contribution in [3.05, 3.63) is 23.3 Å². The number of carboxylic acid groups (broad SMARTS) is 1. The van der Waals surface area contributed by atoms with Crippen LogP contribution in [0.3, 0.4) is 0 Å². The van der Waals surface area contributed by atoms with Crippen LogP contribution in [0.2, 0.25) is 0 Å². The van der Waals surface area contributed by atoms with Gasteiger partial charge in [-0.1, -0.05) is 13.8 Å². The number of aromatic hydroxyl groups is 2. The van der Waals surface area contributed by atoms with Crippen molar-refractivity contribution >= 4 is 5.97 Å². The Labute approximate surface area is 94.2 Å². The molecule has 0 aliphatic heterocycles. The van der Waals surface area contributed by atoms with E-state index in [0.29, 0.717) is 11.1 Å². The first-order valence-electron chi connectivity index (χ1n) is 5.10. The molecule has 0 saturated carbocycles. The van der Waals surface area contributed by atoms with Crippen LogP contribution in [0.25, 0.3) is 0 Å². The number of benzene rings is 1. The fourth-order valence-corrected chi connectivity index (χ4v) is 1.73. The van der Waals surface area contributed by atoms with Crippen LogP contribution in [0.4, 0.5) is 0 Å². The van der Waals surface area contributed by atoms with Crippen LogP contribution in [-0.4, -0.2) is 21.3 Å². The minimum absolute atomic E-state index is 0.0332. The molecule has 3 N–H and O–H groups in total. The molecule has 0 saturated heterocycles. The molecule has 0 heterocycles. The molecule has 1 unspecified atom stereocenters. The Balaban J connectivity index is 3.30. The highest BCUT2D eigenvalue weighted by Gasteiger charge is 2.26. The highest BCUT2D eigenvalue weighted by atomic mass is 16.4. The smallest absolute Gasteiger partial charge is 0.311 e. The minimum Gasteiger partial charge on any atom is -0.508 e. The van der Waals surface area contributed by atoms with Crippen molar-refractivity contribution in [1.82, 2.24) is 0 Å². The number of hydrogen-bond donors (Lipinski definition) is 3. The van der Waals surface area contributed by atoms with E-state index in [9.17, 15) is 15.0 Å². The summed E-state index contributed by atoms with van der Waals surface area (Å²) in [5, 5.41) is 28.1. The van der Waals surface area contributed by atoms with Gasteiger partial charge in [0.15, 0.2) is 0 Å². The third kappa shape index (κ3) is 2.27. The SMILES string of the molecule is Cc1cc(C(C(=O)O)C(C)C)c(O)cc1O. The van der Waals surface area contributed by atoms with Crippen LogP contribution in [0, 0.1) is 12.8 Å². The van der Waals surface area contributed by atoms with Crippen LogP contribution in [0.1, 0.15) is 30.9 Å². The highest BCUT2D eigenvalue weighted by Crippen LogP contribution is 2.35. The van der Waals surface area contributed by atoms with E-state index in [-0.39, 0.29) is 17.4 Å². The molecule has 0 radical (unpaired) electrons. The lowest BCUT2D eigenvalue weighted by atomic mass is 9.87. The molecule has 1 aromatic carbocycles. The Morgan fingerprint density at radius 1 is 1.19 bits per heavy atom. The standard InChI is InChI=1S/C12H16O4/c1-6(2)11(12(15)16)8-4-7(3)9(13)5-10(8)14/h4-6,11,13-14H,1-3H3,(H,15,16). The molecule has 0 aliphatic rings. The van der Waals surface area contributed by atoms with Crippen molar-refractivity contribution in [3.8, 4) is 11.5 Å².